The van der Waals surface area contributed by atoms with Gasteiger partial charge in [0.25, 0.3) is 0 Å². The van der Waals surface area contributed by atoms with Crippen LogP contribution < -0.4 is 10.1 Å². The fourth-order valence-electron chi connectivity index (χ4n) is 3.29. The molecule has 27 heavy (non-hydrogen) atoms. The average Bonchev–Trinajstić information content (AvgIpc) is 2.69. The predicted molar refractivity (Wildman–Crippen MR) is 110 cm³/mol. The quantitative estimate of drug-likeness (QED) is 0.633. The highest BCUT2D eigenvalue weighted by Gasteiger charge is 2.19. The topological polar surface area (TPSA) is 38.3 Å². The Morgan fingerprint density at radius 2 is 1.59 bits per heavy atom. The summed E-state index contributed by atoms with van der Waals surface area (Å²) >= 11 is 0. The summed E-state index contributed by atoms with van der Waals surface area (Å²) in [5.41, 5.74) is 5.35. The summed E-state index contributed by atoms with van der Waals surface area (Å²) in [6.07, 6.45) is 0.379. The Labute approximate surface area is 161 Å². The maximum Gasteiger partial charge on any atom is 0.225 e. The molecular formula is C24H25NO2. The Hall–Kier alpha value is -3.07. The first kappa shape index (κ1) is 18.7. The van der Waals surface area contributed by atoms with Crippen molar-refractivity contribution in [2.24, 2.45) is 0 Å². The molecule has 3 aromatic rings. The molecule has 3 rings (SSSR count). The summed E-state index contributed by atoms with van der Waals surface area (Å²) in [4.78, 5) is 12.8. The van der Waals surface area contributed by atoms with Gasteiger partial charge in [-0.05, 0) is 48.7 Å². The maximum absolute atomic E-state index is 12.8. The number of amides is 1. The van der Waals surface area contributed by atoms with Crippen LogP contribution in [0.15, 0.2) is 72.8 Å². The number of rotatable bonds is 6. The summed E-state index contributed by atoms with van der Waals surface area (Å²) < 4.78 is 5.26. The van der Waals surface area contributed by atoms with Gasteiger partial charge in [-0.15, -0.1) is 0 Å². The van der Waals surface area contributed by atoms with Crippen molar-refractivity contribution in [2.75, 3.05) is 12.4 Å². The second-order valence-corrected chi connectivity index (χ2v) is 6.81. The molecule has 0 aliphatic rings. The van der Waals surface area contributed by atoms with E-state index in [1.807, 2.05) is 68.4 Å². The third-order valence-electron chi connectivity index (χ3n) is 4.77. The minimum atomic E-state index is -0.0112. The number of methoxy groups -OCH3 is 1. The van der Waals surface area contributed by atoms with E-state index < -0.39 is 0 Å². The van der Waals surface area contributed by atoms with Crippen molar-refractivity contribution in [1.82, 2.24) is 0 Å². The molecule has 0 radical (unpaired) electrons. The Morgan fingerprint density at radius 1 is 0.926 bits per heavy atom. The van der Waals surface area contributed by atoms with Gasteiger partial charge in [0.05, 0.1) is 7.11 Å². The van der Waals surface area contributed by atoms with Crippen molar-refractivity contribution in [3.63, 3.8) is 0 Å². The number of anilines is 1. The number of benzene rings is 3. The van der Waals surface area contributed by atoms with Crippen LogP contribution in [-0.2, 0) is 4.79 Å². The van der Waals surface area contributed by atoms with E-state index in [0.717, 1.165) is 28.1 Å². The Bertz CT molecular complexity index is 901. The number of ether oxygens (including phenoxy) is 1. The van der Waals surface area contributed by atoms with E-state index in [4.69, 9.17) is 4.74 Å². The third kappa shape index (κ3) is 4.76. The molecule has 0 heterocycles. The van der Waals surface area contributed by atoms with Crippen LogP contribution in [0.4, 0.5) is 5.69 Å². The molecule has 138 valence electrons. The van der Waals surface area contributed by atoms with Crippen LogP contribution in [0.25, 0.3) is 0 Å². The summed E-state index contributed by atoms with van der Waals surface area (Å²) in [5.74, 6) is 0.805. The molecule has 1 N–H and O–H groups in total. The van der Waals surface area contributed by atoms with E-state index in [0.29, 0.717) is 6.42 Å². The molecule has 0 saturated heterocycles. The van der Waals surface area contributed by atoms with Crippen LogP contribution in [0.1, 0.15) is 34.6 Å². The van der Waals surface area contributed by atoms with Crippen LogP contribution in [0.2, 0.25) is 0 Å². The van der Waals surface area contributed by atoms with E-state index in [9.17, 15) is 4.79 Å². The number of aryl methyl sites for hydroxylation is 2. The second kappa shape index (κ2) is 8.54. The van der Waals surface area contributed by atoms with Crippen molar-refractivity contribution in [1.29, 1.82) is 0 Å². The van der Waals surface area contributed by atoms with E-state index in [-0.39, 0.29) is 11.8 Å². The molecule has 0 unspecified atom stereocenters. The second-order valence-electron chi connectivity index (χ2n) is 6.81. The van der Waals surface area contributed by atoms with Crippen molar-refractivity contribution < 1.29 is 9.53 Å². The van der Waals surface area contributed by atoms with Gasteiger partial charge in [-0.1, -0.05) is 60.2 Å². The maximum atomic E-state index is 12.8. The number of carbonyl (C=O) groups excluding carboxylic acids is 1. The van der Waals surface area contributed by atoms with Gasteiger partial charge in [0.1, 0.15) is 5.75 Å². The summed E-state index contributed by atoms with van der Waals surface area (Å²) in [7, 11) is 1.65. The average molecular weight is 359 g/mol. The molecule has 0 bridgehead atoms. The fraction of sp³-hybridized carbons (Fsp3) is 0.208. The molecule has 1 atom stereocenters. The number of hydrogen-bond acceptors (Lipinski definition) is 2. The van der Waals surface area contributed by atoms with E-state index in [1.165, 1.54) is 5.56 Å². The molecule has 0 fully saturated rings. The summed E-state index contributed by atoms with van der Waals surface area (Å²) in [5, 5.41) is 3.07. The highest BCUT2D eigenvalue weighted by molar-refractivity contribution is 5.92. The normalized spacial score (nSPS) is 11.7. The van der Waals surface area contributed by atoms with Gasteiger partial charge in [0.15, 0.2) is 0 Å². The first-order chi connectivity index (χ1) is 13.1. The van der Waals surface area contributed by atoms with Crippen LogP contribution in [0.3, 0.4) is 0 Å². The standard InChI is InChI=1S/C24H25NO2/c1-17-9-14-23(18(2)15-17)25-24(26)16-22(19-7-5-4-6-8-19)20-10-12-21(27-3)13-11-20/h4-15,22H,16H2,1-3H3,(H,25,26)/t22-/m1/s1. The number of hydrogen-bond donors (Lipinski definition) is 1. The Kier molecular flexibility index (Phi) is 5.92. The van der Waals surface area contributed by atoms with Crippen LogP contribution in [-0.4, -0.2) is 13.0 Å². The molecule has 0 spiro atoms. The minimum Gasteiger partial charge on any atom is -0.497 e. The zero-order valence-corrected chi connectivity index (χ0v) is 16.0. The first-order valence-electron chi connectivity index (χ1n) is 9.13. The van der Waals surface area contributed by atoms with Crippen LogP contribution in [0.5, 0.6) is 5.75 Å². The fourth-order valence-corrected chi connectivity index (χ4v) is 3.29. The van der Waals surface area contributed by atoms with Crippen molar-refractivity contribution >= 4 is 11.6 Å². The first-order valence-corrected chi connectivity index (χ1v) is 9.13. The van der Waals surface area contributed by atoms with Gasteiger partial charge >= 0.3 is 0 Å². The third-order valence-corrected chi connectivity index (χ3v) is 4.77. The van der Waals surface area contributed by atoms with Crippen LogP contribution in [0, 0.1) is 13.8 Å². The van der Waals surface area contributed by atoms with E-state index >= 15 is 0 Å². The Morgan fingerprint density at radius 3 is 2.22 bits per heavy atom. The minimum absolute atomic E-state index is 0.00613. The van der Waals surface area contributed by atoms with E-state index in [2.05, 4.69) is 23.5 Å². The van der Waals surface area contributed by atoms with Gasteiger partial charge in [-0.25, -0.2) is 0 Å². The van der Waals surface area contributed by atoms with Crippen LogP contribution >= 0.6 is 0 Å². The zero-order chi connectivity index (χ0) is 19.2. The van der Waals surface area contributed by atoms with E-state index in [1.54, 1.807) is 7.11 Å². The van der Waals surface area contributed by atoms with Gasteiger partial charge in [-0.3, -0.25) is 4.79 Å². The van der Waals surface area contributed by atoms with Crippen molar-refractivity contribution in [3.05, 3.63) is 95.1 Å². The summed E-state index contributed by atoms with van der Waals surface area (Å²) in [6.45, 7) is 4.06. The lowest BCUT2D eigenvalue weighted by Crippen LogP contribution is -2.17. The molecule has 0 aliphatic carbocycles. The monoisotopic (exact) mass is 359 g/mol. The highest BCUT2D eigenvalue weighted by Crippen LogP contribution is 2.30. The zero-order valence-electron chi connectivity index (χ0n) is 16.0. The number of carbonyl (C=O) groups is 1. The van der Waals surface area contributed by atoms with Crippen molar-refractivity contribution in [3.8, 4) is 5.75 Å². The van der Waals surface area contributed by atoms with Gasteiger partial charge in [-0.2, -0.15) is 0 Å². The molecular weight excluding hydrogens is 334 g/mol. The molecule has 1 amide bonds. The molecule has 3 nitrogen and oxygen atoms in total. The van der Waals surface area contributed by atoms with Crippen molar-refractivity contribution in [2.45, 2.75) is 26.2 Å². The predicted octanol–water partition coefficient (Wildman–Crippen LogP) is 5.47. The Balaban J connectivity index is 1.83. The molecule has 3 heteroatoms. The largest absolute Gasteiger partial charge is 0.497 e. The van der Waals surface area contributed by atoms with Gasteiger partial charge in [0, 0.05) is 18.0 Å². The molecule has 0 aromatic heterocycles. The summed E-state index contributed by atoms with van der Waals surface area (Å²) in [6, 6.07) is 24.1. The molecule has 0 aliphatic heterocycles. The smallest absolute Gasteiger partial charge is 0.225 e. The molecule has 0 saturated carbocycles. The molecule has 3 aromatic carbocycles. The van der Waals surface area contributed by atoms with Gasteiger partial charge < -0.3 is 10.1 Å². The lowest BCUT2D eigenvalue weighted by molar-refractivity contribution is -0.116. The SMILES string of the molecule is COc1ccc([C@H](CC(=O)Nc2ccc(C)cc2C)c2ccccc2)cc1. The lowest BCUT2D eigenvalue weighted by atomic mass is 9.88. The van der Waals surface area contributed by atoms with Gasteiger partial charge in [0.2, 0.25) is 5.91 Å². The number of nitrogens with one attached hydrogen (secondary N) is 1. The lowest BCUT2D eigenvalue weighted by Gasteiger charge is -2.19. The highest BCUT2D eigenvalue weighted by atomic mass is 16.5.